The molecule has 0 atom stereocenters. The molecule has 0 fully saturated rings. The highest BCUT2D eigenvalue weighted by molar-refractivity contribution is 6.01. The van der Waals surface area contributed by atoms with Crippen molar-refractivity contribution in [3.05, 3.63) is 76.9 Å². The lowest BCUT2D eigenvalue weighted by molar-refractivity contribution is 0.0928. The van der Waals surface area contributed by atoms with Gasteiger partial charge in [-0.3, -0.25) is 19.2 Å². The summed E-state index contributed by atoms with van der Waals surface area (Å²) in [5, 5.41) is 10.7. The summed E-state index contributed by atoms with van der Waals surface area (Å²) in [5.41, 5.74) is 1.84. The van der Waals surface area contributed by atoms with E-state index in [2.05, 4.69) is 15.0 Å². The number of Topliss-reactive ketones (excluding diaryl/α,β-unsaturated/α-hetero) is 4. The van der Waals surface area contributed by atoms with Gasteiger partial charge in [0, 0.05) is 76.5 Å². The molecule has 2 N–H and O–H groups in total. The Kier molecular flexibility index (Phi) is 7.29. The molecule has 0 aliphatic rings. The van der Waals surface area contributed by atoms with Crippen LogP contribution in [0.4, 0.5) is 0 Å². The Morgan fingerprint density at radius 2 is 1.63 bits per heavy atom. The van der Waals surface area contributed by atoms with Gasteiger partial charge in [-0.1, -0.05) is 13.8 Å². The number of nitrogens with one attached hydrogen (secondary N) is 1. The van der Waals surface area contributed by atoms with Crippen molar-refractivity contribution < 1.29 is 24.3 Å². The molecule has 198 valence electrons. The molecule has 0 aromatic carbocycles. The molecule has 0 bridgehead atoms. The third-order valence-corrected chi connectivity index (χ3v) is 6.35. The van der Waals surface area contributed by atoms with Crippen LogP contribution in [-0.2, 0) is 40.4 Å². The summed E-state index contributed by atoms with van der Waals surface area (Å²) in [6, 6.07) is 1.68. The maximum absolute atomic E-state index is 13.0. The van der Waals surface area contributed by atoms with Crippen molar-refractivity contribution in [3.63, 3.8) is 0 Å². The largest absolute Gasteiger partial charge is 0.505 e. The molecule has 0 radical (unpaired) electrons. The number of H-pyrrole nitrogens is 1. The van der Waals surface area contributed by atoms with Crippen LogP contribution in [0.3, 0.4) is 0 Å². The summed E-state index contributed by atoms with van der Waals surface area (Å²) in [6.45, 7) is 3.63. The lowest BCUT2D eigenvalue weighted by Gasteiger charge is -2.04. The van der Waals surface area contributed by atoms with Crippen molar-refractivity contribution in [3.8, 4) is 5.75 Å². The van der Waals surface area contributed by atoms with Gasteiger partial charge >= 0.3 is 0 Å². The number of ketones is 4. The van der Waals surface area contributed by atoms with Crippen LogP contribution in [0.5, 0.6) is 5.75 Å². The lowest BCUT2D eigenvalue weighted by atomic mass is 10.0. The highest BCUT2D eigenvalue weighted by atomic mass is 16.3. The van der Waals surface area contributed by atoms with Crippen LogP contribution in [0.25, 0.3) is 0 Å². The average Bonchev–Trinajstić information content (AvgIpc) is 3.61. The molecule has 4 aromatic rings. The van der Waals surface area contributed by atoms with Crippen LogP contribution >= 0.6 is 0 Å². The molecule has 0 aliphatic carbocycles. The first-order valence-corrected chi connectivity index (χ1v) is 12.1. The third-order valence-electron chi connectivity index (χ3n) is 6.35. The first-order chi connectivity index (χ1) is 18.0. The van der Waals surface area contributed by atoms with Gasteiger partial charge in [0.2, 0.25) is 11.6 Å². The summed E-state index contributed by atoms with van der Waals surface area (Å²) in [5.74, 6) is -1.02. The second kappa shape index (κ2) is 10.4. The number of rotatable bonds is 11. The number of carbonyl (C=O) groups is 4. The standard InChI is InChI=1S/C27H30N6O5/c1-15(2)24(37)19-8-16(13-32(19)4)9-20(34)23-25(38)17(12-29-23)10-21(35)27-30-18(14-33(27)5)11-22(36)26-28-6-7-31(26)3/h6-8,12-15,29,38H,9-11H2,1-5H3. The van der Waals surface area contributed by atoms with E-state index in [4.69, 9.17) is 0 Å². The fourth-order valence-corrected chi connectivity index (χ4v) is 4.35. The van der Waals surface area contributed by atoms with Gasteiger partial charge in [0.1, 0.15) is 11.4 Å². The number of aromatic amines is 1. The van der Waals surface area contributed by atoms with E-state index in [9.17, 15) is 24.3 Å². The first kappa shape index (κ1) is 26.5. The molecule has 0 saturated carbocycles. The molecule has 4 rings (SSSR count). The minimum absolute atomic E-state index is 0.00502. The quantitative estimate of drug-likeness (QED) is 0.290. The number of aromatic nitrogens is 6. The molecule has 0 saturated heterocycles. The summed E-state index contributed by atoms with van der Waals surface area (Å²) >= 11 is 0. The van der Waals surface area contributed by atoms with Gasteiger partial charge in [-0.15, -0.1) is 0 Å². The Balaban J connectivity index is 1.44. The Labute approximate surface area is 219 Å². The van der Waals surface area contributed by atoms with Gasteiger partial charge < -0.3 is 23.8 Å². The van der Waals surface area contributed by atoms with Crippen LogP contribution < -0.4 is 0 Å². The molecule has 38 heavy (non-hydrogen) atoms. The average molecular weight is 519 g/mol. The number of carbonyl (C=O) groups excluding carboxylic acids is 4. The third kappa shape index (κ3) is 5.26. The zero-order valence-corrected chi connectivity index (χ0v) is 22.0. The summed E-state index contributed by atoms with van der Waals surface area (Å²) in [7, 11) is 5.12. The van der Waals surface area contributed by atoms with E-state index >= 15 is 0 Å². The Morgan fingerprint density at radius 1 is 0.921 bits per heavy atom. The Hall–Kier alpha value is -4.54. The predicted molar refractivity (Wildman–Crippen MR) is 138 cm³/mol. The highest BCUT2D eigenvalue weighted by Crippen LogP contribution is 2.25. The number of nitrogens with zero attached hydrogens (tertiary/aromatic N) is 5. The minimum Gasteiger partial charge on any atom is -0.505 e. The van der Waals surface area contributed by atoms with E-state index in [-0.39, 0.29) is 71.1 Å². The van der Waals surface area contributed by atoms with Crippen LogP contribution in [-0.4, -0.2) is 56.9 Å². The number of hydrogen-bond acceptors (Lipinski definition) is 7. The first-order valence-electron chi connectivity index (χ1n) is 12.1. The van der Waals surface area contributed by atoms with Crippen LogP contribution in [0, 0.1) is 5.92 Å². The second-order valence-electron chi connectivity index (χ2n) is 9.73. The Morgan fingerprint density at radius 3 is 2.29 bits per heavy atom. The molecule has 4 heterocycles. The van der Waals surface area contributed by atoms with E-state index in [0.717, 1.165) is 0 Å². The summed E-state index contributed by atoms with van der Waals surface area (Å²) < 4.78 is 4.84. The smallest absolute Gasteiger partial charge is 0.204 e. The van der Waals surface area contributed by atoms with E-state index in [1.54, 1.807) is 54.9 Å². The summed E-state index contributed by atoms with van der Waals surface area (Å²) in [4.78, 5) is 61.8. The van der Waals surface area contributed by atoms with Gasteiger partial charge in [-0.2, -0.15) is 0 Å². The predicted octanol–water partition coefficient (Wildman–Crippen LogP) is 2.64. The van der Waals surface area contributed by atoms with Crippen LogP contribution in [0.15, 0.2) is 37.1 Å². The van der Waals surface area contributed by atoms with Crippen LogP contribution in [0.1, 0.15) is 72.9 Å². The van der Waals surface area contributed by atoms with E-state index in [1.807, 2.05) is 13.8 Å². The van der Waals surface area contributed by atoms with Crippen molar-refractivity contribution in [1.29, 1.82) is 0 Å². The molecular weight excluding hydrogens is 488 g/mol. The van der Waals surface area contributed by atoms with Gasteiger partial charge in [-0.05, 0) is 11.6 Å². The second-order valence-corrected chi connectivity index (χ2v) is 9.73. The van der Waals surface area contributed by atoms with Crippen molar-refractivity contribution in [2.24, 2.45) is 27.1 Å². The van der Waals surface area contributed by atoms with E-state index < -0.39 is 0 Å². The van der Waals surface area contributed by atoms with Crippen molar-refractivity contribution in [1.82, 2.24) is 28.7 Å². The molecule has 4 aromatic heterocycles. The normalized spacial score (nSPS) is 11.3. The number of aromatic hydroxyl groups is 1. The molecule has 0 spiro atoms. The maximum atomic E-state index is 13.0. The number of aryl methyl sites for hydroxylation is 3. The molecule has 0 aliphatic heterocycles. The SMILES string of the molecule is CC(C)C(=O)c1cc(CC(=O)c2[nH]cc(CC(=O)c3nc(CC(=O)c4nccn4C)cn3C)c2O)cn1C. The molecule has 11 nitrogen and oxygen atoms in total. The molecule has 0 unspecified atom stereocenters. The maximum Gasteiger partial charge on any atom is 0.204 e. The fourth-order valence-electron chi connectivity index (χ4n) is 4.35. The van der Waals surface area contributed by atoms with Crippen molar-refractivity contribution >= 4 is 23.1 Å². The topological polar surface area (TPSA) is 145 Å². The number of hydrogen-bond donors (Lipinski definition) is 2. The van der Waals surface area contributed by atoms with E-state index in [1.165, 1.54) is 17.0 Å². The Bertz CT molecular complexity index is 1550. The monoisotopic (exact) mass is 518 g/mol. The summed E-state index contributed by atoms with van der Waals surface area (Å²) in [6.07, 6.45) is 7.74. The van der Waals surface area contributed by atoms with E-state index in [0.29, 0.717) is 22.8 Å². The minimum atomic E-state index is -0.378. The zero-order chi connectivity index (χ0) is 27.7. The fraction of sp³-hybridized carbons (Fsp3) is 0.333. The molecule has 11 heteroatoms. The van der Waals surface area contributed by atoms with Gasteiger partial charge in [0.15, 0.2) is 23.2 Å². The zero-order valence-electron chi connectivity index (χ0n) is 22.0. The van der Waals surface area contributed by atoms with Crippen molar-refractivity contribution in [2.75, 3.05) is 0 Å². The van der Waals surface area contributed by atoms with Gasteiger partial charge in [0.05, 0.1) is 17.8 Å². The highest BCUT2D eigenvalue weighted by Gasteiger charge is 2.24. The van der Waals surface area contributed by atoms with Crippen LogP contribution in [0.2, 0.25) is 0 Å². The lowest BCUT2D eigenvalue weighted by Crippen LogP contribution is -2.11. The molecular formula is C27H30N6O5. The van der Waals surface area contributed by atoms with Gasteiger partial charge in [0.25, 0.3) is 0 Å². The van der Waals surface area contributed by atoms with Gasteiger partial charge in [-0.25, -0.2) is 9.97 Å². The van der Waals surface area contributed by atoms with Crippen molar-refractivity contribution in [2.45, 2.75) is 33.1 Å². The number of imidazole rings is 2. The molecule has 0 amide bonds.